The Morgan fingerprint density at radius 3 is 2.78 bits per heavy atom. The minimum atomic E-state index is 0.0348. The van der Waals surface area contributed by atoms with Crippen LogP contribution in [0.2, 0.25) is 0 Å². The first-order valence-corrected chi connectivity index (χ1v) is 6.30. The van der Waals surface area contributed by atoms with Gasteiger partial charge >= 0.3 is 0 Å². The van der Waals surface area contributed by atoms with Gasteiger partial charge in [0.25, 0.3) is 0 Å². The smallest absolute Gasteiger partial charge is 0.224 e. The fraction of sp³-hybridized carbons (Fsp3) is 0.500. The number of carbonyl (C=O) groups is 1. The Bertz CT molecular complexity index is 414. The number of hydrogen-bond acceptors (Lipinski definition) is 3. The molecule has 2 N–H and O–H groups in total. The number of nitrogens with one attached hydrogen (secondary N) is 2. The molecule has 0 saturated heterocycles. The first-order valence-electron chi connectivity index (χ1n) is 6.30. The van der Waals surface area contributed by atoms with Gasteiger partial charge in [-0.15, -0.1) is 0 Å². The van der Waals surface area contributed by atoms with Crippen LogP contribution >= 0.6 is 0 Å². The van der Waals surface area contributed by atoms with E-state index < -0.39 is 0 Å². The number of likely N-dealkylation sites (N-methyl/N-ethyl adjacent to an activating group) is 1. The van der Waals surface area contributed by atoms with Crippen molar-refractivity contribution in [2.45, 2.75) is 31.4 Å². The molecule has 1 fully saturated rings. The number of hydrogen-bond donors (Lipinski definition) is 2. The van der Waals surface area contributed by atoms with Crippen LogP contribution in [0.25, 0.3) is 0 Å². The minimum Gasteiger partial charge on any atom is -0.382 e. The number of carbonyl (C=O) groups excluding carboxylic acids is 1. The highest BCUT2D eigenvalue weighted by Crippen LogP contribution is 2.27. The van der Waals surface area contributed by atoms with Gasteiger partial charge in [-0.05, 0) is 24.5 Å². The zero-order chi connectivity index (χ0) is 13.0. The van der Waals surface area contributed by atoms with Gasteiger partial charge in [-0.25, -0.2) is 0 Å². The average Bonchev–Trinajstić information content (AvgIpc) is 2.34. The van der Waals surface area contributed by atoms with E-state index in [0.29, 0.717) is 18.6 Å². The first kappa shape index (κ1) is 12.9. The summed E-state index contributed by atoms with van der Waals surface area (Å²) in [5.41, 5.74) is 2.10. The van der Waals surface area contributed by atoms with Gasteiger partial charge in [0.1, 0.15) is 0 Å². The predicted molar refractivity (Wildman–Crippen MR) is 71.7 cm³/mol. The van der Waals surface area contributed by atoms with Crippen LogP contribution in [0, 0.1) is 0 Å². The van der Waals surface area contributed by atoms with E-state index in [1.807, 2.05) is 24.3 Å². The monoisotopic (exact) mass is 248 g/mol. The van der Waals surface area contributed by atoms with Gasteiger partial charge in [0, 0.05) is 25.9 Å². The summed E-state index contributed by atoms with van der Waals surface area (Å²) in [5, 5.41) is 6.13. The molecule has 1 amide bonds. The Morgan fingerprint density at radius 2 is 2.11 bits per heavy atom. The summed E-state index contributed by atoms with van der Waals surface area (Å²) in [6, 6.07) is 8.42. The highest BCUT2D eigenvalue weighted by atomic mass is 16.5. The molecule has 1 aliphatic carbocycles. The van der Waals surface area contributed by atoms with Gasteiger partial charge in [-0.1, -0.05) is 18.2 Å². The standard InChI is InChI=1S/C14H20N2O2/c1-15-14(17)7-10-5-3-4-6-13(10)16-11-8-12(9-11)18-2/h3-6,11-12,16H,7-9H2,1-2H3,(H,15,17). The number of para-hydroxylation sites is 1. The first-order chi connectivity index (χ1) is 8.72. The van der Waals surface area contributed by atoms with Gasteiger partial charge in [-0.3, -0.25) is 4.79 Å². The van der Waals surface area contributed by atoms with Crippen molar-refractivity contribution in [2.75, 3.05) is 19.5 Å². The predicted octanol–water partition coefficient (Wildman–Crippen LogP) is 1.56. The van der Waals surface area contributed by atoms with Crippen molar-refractivity contribution in [1.82, 2.24) is 5.32 Å². The van der Waals surface area contributed by atoms with Gasteiger partial charge in [0.15, 0.2) is 0 Å². The lowest BCUT2D eigenvalue weighted by Crippen LogP contribution is -2.40. The second-order valence-electron chi connectivity index (χ2n) is 4.68. The molecule has 0 aromatic heterocycles. The highest BCUT2D eigenvalue weighted by molar-refractivity contribution is 5.80. The van der Waals surface area contributed by atoms with Gasteiger partial charge in [0.2, 0.25) is 5.91 Å². The quantitative estimate of drug-likeness (QED) is 0.831. The third kappa shape index (κ3) is 3.01. The minimum absolute atomic E-state index is 0.0348. The molecule has 1 aromatic carbocycles. The SMILES string of the molecule is CNC(=O)Cc1ccccc1NC1CC(OC)C1. The maximum Gasteiger partial charge on any atom is 0.224 e. The fourth-order valence-electron chi connectivity index (χ4n) is 2.17. The lowest BCUT2D eigenvalue weighted by molar-refractivity contribution is -0.119. The second-order valence-corrected chi connectivity index (χ2v) is 4.68. The Hall–Kier alpha value is -1.55. The molecule has 0 spiro atoms. The Balaban J connectivity index is 1.97. The van der Waals surface area contributed by atoms with Gasteiger partial charge in [-0.2, -0.15) is 0 Å². The van der Waals surface area contributed by atoms with Gasteiger partial charge < -0.3 is 15.4 Å². The molecule has 0 unspecified atom stereocenters. The maximum atomic E-state index is 11.4. The number of ether oxygens (including phenoxy) is 1. The van der Waals surface area contributed by atoms with E-state index in [-0.39, 0.29) is 5.91 Å². The van der Waals surface area contributed by atoms with Crippen molar-refractivity contribution in [3.63, 3.8) is 0 Å². The van der Waals surface area contributed by atoms with E-state index in [1.54, 1.807) is 14.2 Å². The molecular formula is C14H20N2O2. The molecule has 4 nitrogen and oxygen atoms in total. The van der Waals surface area contributed by atoms with Gasteiger partial charge in [0.05, 0.1) is 12.5 Å². The molecule has 2 rings (SSSR count). The van der Waals surface area contributed by atoms with Crippen LogP contribution in [0.4, 0.5) is 5.69 Å². The molecule has 0 atom stereocenters. The molecule has 0 radical (unpaired) electrons. The summed E-state index contributed by atoms with van der Waals surface area (Å²) in [5.74, 6) is 0.0348. The number of amides is 1. The second kappa shape index (κ2) is 5.87. The van der Waals surface area contributed by atoms with Crippen LogP contribution in [-0.2, 0) is 16.0 Å². The van der Waals surface area contributed by atoms with Crippen LogP contribution in [0.15, 0.2) is 24.3 Å². The lowest BCUT2D eigenvalue weighted by Gasteiger charge is -2.35. The Morgan fingerprint density at radius 1 is 1.39 bits per heavy atom. The summed E-state index contributed by atoms with van der Waals surface area (Å²) >= 11 is 0. The molecule has 1 saturated carbocycles. The molecule has 4 heteroatoms. The van der Waals surface area contributed by atoms with E-state index >= 15 is 0 Å². The van der Waals surface area contributed by atoms with Crippen molar-refractivity contribution in [3.05, 3.63) is 29.8 Å². The average molecular weight is 248 g/mol. The van der Waals surface area contributed by atoms with E-state index in [0.717, 1.165) is 24.1 Å². The summed E-state index contributed by atoms with van der Waals surface area (Å²) < 4.78 is 5.26. The highest BCUT2D eigenvalue weighted by Gasteiger charge is 2.29. The normalized spacial score (nSPS) is 22.1. The lowest BCUT2D eigenvalue weighted by atomic mass is 9.89. The summed E-state index contributed by atoms with van der Waals surface area (Å²) in [6.07, 6.45) is 2.86. The number of rotatable bonds is 5. The van der Waals surface area contributed by atoms with Crippen molar-refractivity contribution in [3.8, 4) is 0 Å². The van der Waals surface area contributed by atoms with E-state index in [2.05, 4.69) is 10.6 Å². The third-order valence-electron chi connectivity index (χ3n) is 3.43. The molecule has 1 aromatic rings. The molecule has 98 valence electrons. The van der Waals surface area contributed by atoms with Crippen molar-refractivity contribution in [1.29, 1.82) is 0 Å². The summed E-state index contributed by atoms with van der Waals surface area (Å²) in [4.78, 5) is 11.4. The van der Waals surface area contributed by atoms with E-state index in [4.69, 9.17) is 4.74 Å². The topological polar surface area (TPSA) is 50.4 Å². The third-order valence-corrected chi connectivity index (χ3v) is 3.43. The zero-order valence-corrected chi connectivity index (χ0v) is 10.9. The number of methoxy groups -OCH3 is 1. The van der Waals surface area contributed by atoms with Crippen LogP contribution < -0.4 is 10.6 Å². The van der Waals surface area contributed by atoms with Crippen LogP contribution in [0.1, 0.15) is 18.4 Å². The molecule has 0 aliphatic heterocycles. The van der Waals surface area contributed by atoms with Crippen molar-refractivity contribution in [2.24, 2.45) is 0 Å². The maximum absolute atomic E-state index is 11.4. The fourth-order valence-corrected chi connectivity index (χ4v) is 2.17. The van der Waals surface area contributed by atoms with Crippen LogP contribution in [0.3, 0.4) is 0 Å². The van der Waals surface area contributed by atoms with E-state index in [9.17, 15) is 4.79 Å². The molecule has 0 heterocycles. The molecule has 0 bridgehead atoms. The largest absolute Gasteiger partial charge is 0.382 e. The Labute approximate surface area is 108 Å². The Kier molecular flexibility index (Phi) is 4.20. The van der Waals surface area contributed by atoms with Crippen molar-refractivity contribution < 1.29 is 9.53 Å². The molecule has 1 aliphatic rings. The summed E-state index contributed by atoms with van der Waals surface area (Å²) in [6.45, 7) is 0. The number of benzene rings is 1. The molecular weight excluding hydrogens is 228 g/mol. The van der Waals surface area contributed by atoms with E-state index in [1.165, 1.54) is 0 Å². The van der Waals surface area contributed by atoms with Crippen LogP contribution in [-0.4, -0.2) is 32.2 Å². The zero-order valence-electron chi connectivity index (χ0n) is 10.9. The van der Waals surface area contributed by atoms with Crippen LogP contribution in [0.5, 0.6) is 0 Å². The number of anilines is 1. The summed E-state index contributed by atoms with van der Waals surface area (Å²) in [7, 11) is 3.41. The van der Waals surface area contributed by atoms with Crippen molar-refractivity contribution >= 4 is 11.6 Å². The molecule has 18 heavy (non-hydrogen) atoms.